The van der Waals surface area contributed by atoms with Crippen molar-refractivity contribution in [1.82, 2.24) is 5.32 Å². The molecule has 2 atom stereocenters. The molecule has 2 rings (SSSR count). The highest BCUT2D eigenvalue weighted by molar-refractivity contribution is 7.27. The highest BCUT2D eigenvalue weighted by Gasteiger charge is 2.36. The zero-order valence-corrected chi connectivity index (χ0v) is 22.6. The Labute approximate surface area is 197 Å². The number of nitrogens with one attached hydrogen (secondary N) is 1. The van der Waals surface area contributed by atoms with Crippen LogP contribution in [0.3, 0.4) is 0 Å². The second-order valence-electron chi connectivity index (χ2n) is 8.29. The molecule has 2 unspecified atom stereocenters. The van der Waals surface area contributed by atoms with E-state index in [9.17, 15) is 10.1 Å². The molecule has 0 radical (unpaired) electrons. The van der Waals surface area contributed by atoms with Gasteiger partial charge in [-0.1, -0.05) is 66.7 Å². The van der Waals surface area contributed by atoms with Crippen molar-refractivity contribution in [2.75, 3.05) is 20.3 Å². The van der Waals surface area contributed by atoms with E-state index in [-0.39, 0.29) is 18.6 Å². The van der Waals surface area contributed by atoms with Crippen LogP contribution in [0.4, 0.5) is 0 Å². The normalized spacial score (nSPS) is 15.5. The molecule has 1 aliphatic heterocycles. The number of rotatable bonds is 5. The van der Waals surface area contributed by atoms with Crippen molar-refractivity contribution < 1.29 is 14.3 Å². The third kappa shape index (κ3) is 8.08. The number of methoxy groups -OCH3 is 1. The number of aryl methyl sites for hydroxylation is 1. The molecule has 0 amide bonds. The van der Waals surface area contributed by atoms with Crippen molar-refractivity contribution in [2.24, 2.45) is 5.41 Å². The summed E-state index contributed by atoms with van der Waals surface area (Å²) >= 11 is 0. The Morgan fingerprint density at radius 3 is 2.25 bits per heavy atom. The SMILES string of the molecule is CC.CC.COCC1=C(C(=O)OCC(C)(C)C)C(c2ccc(P)cc2C)C(C#N)=C(C)N1. The fraction of sp³-hybridized carbons (Fsp3) is 0.538. The van der Waals surface area contributed by atoms with Crippen LogP contribution in [-0.4, -0.2) is 26.3 Å². The summed E-state index contributed by atoms with van der Waals surface area (Å²) in [6.07, 6.45) is 0. The first kappa shape index (κ1) is 29.9. The Morgan fingerprint density at radius 2 is 1.78 bits per heavy atom. The van der Waals surface area contributed by atoms with E-state index in [1.807, 2.05) is 80.5 Å². The molecule has 1 aromatic carbocycles. The number of nitriles is 1. The molecule has 178 valence electrons. The van der Waals surface area contributed by atoms with Crippen molar-refractivity contribution >= 4 is 20.5 Å². The molecular weight excluding hydrogens is 419 g/mol. The molecule has 1 aliphatic rings. The van der Waals surface area contributed by atoms with Gasteiger partial charge in [-0.3, -0.25) is 0 Å². The molecule has 0 spiro atoms. The smallest absolute Gasteiger partial charge is 0.336 e. The van der Waals surface area contributed by atoms with Crippen molar-refractivity contribution in [3.63, 3.8) is 0 Å². The molecule has 5 nitrogen and oxygen atoms in total. The predicted octanol–water partition coefficient (Wildman–Crippen LogP) is 5.52. The molecule has 1 N–H and O–H groups in total. The molecule has 0 bridgehead atoms. The first-order valence-electron chi connectivity index (χ1n) is 11.2. The van der Waals surface area contributed by atoms with Gasteiger partial charge >= 0.3 is 5.97 Å². The van der Waals surface area contributed by atoms with Gasteiger partial charge in [-0.25, -0.2) is 4.79 Å². The molecule has 6 heteroatoms. The van der Waals surface area contributed by atoms with Crippen molar-refractivity contribution in [3.8, 4) is 6.07 Å². The van der Waals surface area contributed by atoms with Crippen molar-refractivity contribution in [3.05, 3.63) is 51.9 Å². The van der Waals surface area contributed by atoms with Crippen LogP contribution in [0.25, 0.3) is 0 Å². The Balaban J connectivity index is 0.00000227. The van der Waals surface area contributed by atoms with E-state index >= 15 is 0 Å². The number of esters is 1. The van der Waals surface area contributed by atoms with Crippen LogP contribution in [0.2, 0.25) is 0 Å². The lowest BCUT2D eigenvalue weighted by Gasteiger charge is -2.31. The zero-order chi connectivity index (χ0) is 25.1. The van der Waals surface area contributed by atoms with E-state index in [2.05, 4.69) is 20.6 Å². The van der Waals surface area contributed by atoms with Crippen LogP contribution >= 0.6 is 9.24 Å². The summed E-state index contributed by atoms with van der Waals surface area (Å²) in [6, 6.07) is 8.26. The van der Waals surface area contributed by atoms with Gasteiger partial charge < -0.3 is 14.8 Å². The second-order valence-corrected chi connectivity index (χ2v) is 8.95. The summed E-state index contributed by atoms with van der Waals surface area (Å²) < 4.78 is 11.0. The van der Waals surface area contributed by atoms with Gasteiger partial charge in [0.05, 0.1) is 42.0 Å². The Kier molecular flexibility index (Phi) is 13.1. The molecule has 1 aromatic rings. The Hall–Kier alpha value is -2.15. The quantitative estimate of drug-likeness (QED) is 0.463. The van der Waals surface area contributed by atoms with Crippen LogP contribution in [0.15, 0.2) is 40.7 Å². The van der Waals surface area contributed by atoms with Crippen molar-refractivity contribution in [1.29, 1.82) is 5.26 Å². The van der Waals surface area contributed by atoms with Gasteiger partial charge in [0, 0.05) is 12.8 Å². The Morgan fingerprint density at radius 1 is 1.19 bits per heavy atom. The molecule has 0 fully saturated rings. The average molecular weight is 461 g/mol. The molecule has 0 aromatic heterocycles. The predicted molar refractivity (Wildman–Crippen MR) is 137 cm³/mol. The zero-order valence-electron chi connectivity index (χ0n) is 21.5. The van der Waals surface area contributed by atoms with Crippen LogP contribution < -0.4 is 10.6 Å². The number of nitrogens with zero attached hydrogens (tertiary/aromatic N) is 1. The fourth-order valence-corrected chi connectivity index (χ4v) is 3.58. The van der Waals surface area contributed by atoms with Gasteiger partial charge in [-0.15, -0.1) is 9.24 Å². The van der Waals surface area contributed by atoms with Crippen LogP contribution in [0, 0.1) is 23.7 Å². The maximum absolute atomic E-state index is 13.1. The first-order valence-corrected chi connectivity index (χ1v) is 11.8. The van der Waals surface area contributed by atoms with Gasteiger partial charge in [0.2, 0.25) is 0 Å². The monoisotopic (exact) mass is 460 g/mol. The molecule has 32 heavy (non-hydrogen) atoms. The molecule has 0 saturated heterocycles. The highest BCUT2D eigenvalue weighted by atomic mass is 31.0. The minimum Gasteiger partial charge on any atom is -0.462 e. The summed E-state index contributed by atoms with van der Waals surface area (Å²) in [5, 5.41) is 14.1. The van der Waals surface area contributed by atoms with E-state index < -0.39 is 11.9 Å². The first-order chi connectivity index (χ1) is 15.1. The average Bonchev–Trinajstić information content (AvgIpc) is 2.74. The summed E-state index contributed by atoms with van der Waals surface area (Å²) in [5.41, 5.74) is 4.09. The molecule has 0 saturated carbocycles. The van der Waals surface area contributed by atoms with Gasteiger partial charge in [0.25, 0.3) is 0 Å². The third-order valence-corrected chi connectivity index (χ3v) is 4.87. The number of hydrogen-bond acceptors (Lipinski definition) is 5. The number of allylic oxidation sites excluding steroid dienone is 2. The van der Waals surface area contributed by atoms with E-state index in [0.717, 1.165) is 22.1 Å². The fourth-order valence-electron chi connectivity index (χ4n) is 3.24. The molecule has 1 heterocycles. The summed E-state index contributed by atoms with van der Waals surface area (Å²) in [7, 11) is 4.25. The number of ether oxygens (including phenoxy) is 2. The minimum absolute atomic E-state index is 0.157. The maximum atomic E-state index is 13.1. The van der Waals surface area contributed by atoms with Crippen LogP contribution in [0.5, 0.6) is 0 Å². The van der Waals surface area contributed by atoms with Crippen LogP contribution in [0.1, 0.15) is 72.4 Å². The maximum Gasteiger partial charge on any atom is 0.336 e. The van der Waals surface area contributed by atoms with Crippen LogP contribution in [-0.2, 0) is 14.3 Å². The van der Waals surface area contributed by atoms with E-state index in [1.54, 1.807) is 7.11 Å². The summed E-state index contributed by atoms with van der Waals surface area (Å²) in [4.78, 5) is 13.1. The van der Waals surface area contributed by atoms with Gasteiger partial charge in [-0.2, -0.15) is 5.26 Å². The standard InChI is InChI=1S/C22H29N2O3P.2C2H6/c1-13-9-15(28)7-8-16(13)19-17(10-23)14(2)24-18(11-26-6)20(19)21(25)27-12-22(3,4)5;2*1-2/h7-9,19,24H,11-12,28H2,1-6H3;2*1-2H3. The lowest BCUT2D eigenvalue weighted by Crippen LogP contribution is -2.33. The summed E-state index contributed by atoms with van der Waals surface area (Å²) in [5.74, 6) is -0.913. The number of dihydropyridines is 1. The highest BCUT2D eigenvalue weighted by Crippen LogP contribution is 2.39. The lowest BCUT2D eigenvalue weighted by molar-refractivity contribution is -0.142. The Bertz CT molecular complexity index is 874. The van der Waals surface area contributed by atoms with E-state index in [4.69, 9.17) is 9.47 Å². The molecule has 0 aliphatic carbocycles. The van der Waals surface area contributed by atoms with Gasteiger partial charge in [-0.05, 0) is 35.7 Å². The third-order valence-electron chi connectivity index (χ3n) is 4.52. The number of benzene rings is 1. The van der Waals surface area contributed by atoms with Gasteiger partial charge in [0.1, 0.15) is 0 Å². The largest absolute Gasteiger partial charge is 0.462 e. The number of carbonyl (C=O) groups excluding carboxylic acids is 1. The molecular formula is C26H41N2O3P. The topological polar surface area (TPSA) is 71.3 Å². The van der Waals surface area contributed by atoms with E-state index in [1.165, 1.54) is 0 Å². The van der Waals surface area contributed by atoms with Crippen molar-refractivity contribution in [2.45, 2.75) is 68.2 Å². The van der Waals surface area contributed by atoms with E-state index in [0.29, 0.717) is 16.8 Å². The minimum atomic E-state index is -0.491. The summed E-state index contributed by atoms with van der Waals surface area (Å²) in [6.45, 7) is 18.4. The number of carbonyl (C=O) groups is 1. The second kappa shape index (κ2) is 14.1. The van der Waals surface area contributed by atoms with Gasteiger partial charge in [0.15, 0.2) is 0 Å². The number of hydrogen-bond donors (Lipinski definition) is 1. The lowest BCUT2D eigenvalue weighted by atomic mass is 9.79.